The standard InChI is InChI=1S/C61H96Si/c1-9-15-21-27-33-52-41-53(34-28-22-16-10-2)45-58(44-52)62(61-40-50(7)39-51(61)8,59-46-54(35-29-23-17-11-3)42-55(47-59)36-30-24-18-12-4)60-48-56(37-31-25-19-13-5)43-57(49-60)38-32-26-20-14-6/h39-50H,9-38H2,1-8H3. The molecule has 0 saturated heterocycles. The Morgan fingerprint density at radius 1 is 0.323 bits per heavy atom. The van der Waals surface area contributed by atoms with Gasteiger partial charge in [-0.25, -0.2) is 0 Å². The zero-order valence-electron chi connectivity index (χ0n) is 42.1. The lowest BCUT2D eigenvalue weighted by atomic mass is 10.00. The van der Waals surface area contributed by atoms with E-state index in [1.54, 1.807) is 54.1 Å². The SMILES string of the molecule is CCCCCCc1cc(CCCCCC)cc([Si](C2=CC(C)C=C2C)(c2cc(CCCCCC)cc(CCCCCC)c2)c2cc(CCCCCC)cc(CCCCCC)c2)c1. The summed E-state index contributed by atoms with van der Waals surface area (Å²) < 4.78 is 0. The molecule has 1 aliphatic carbocycles. The molecule has 0 spiro atoms. The molecule has 0 aromatic heterocycles. The first kappa shape index (κ1) is 52.0. The van der Waals surface area contributed by atoms with Crippen LogP contribution in [0.3, 0.4) is 0 Å². The summed E-state index contributed by atoms with van der Waals surface area (Å²) in [5, 5.41) is 6.70. The molecular weight excluding hydrogens is 761 g/mol. The van der Waals surface area contributed by atoms with Crippen LogP contribution in [0.25, 0.3) is 0 Å². The molecule has 1 unspecified atom stereocenters. The molecule has 1 heteroatoms. The number of hydrogen-bond donors (Lipinski definition) is 0. The lowest BCUT2D eigenvalue weighted by Crippen LogP contribution is -2.69. The number of unbranched alkanes of at least 4 members (excludes halogenated alkanes) is 18. The van der Waals surface area contributed by atoms with Crippen molar-refractivity contribution in [1.82, 2.24) is 0 Å². The third-order valence-electron chi connectivity index (χ3n) is 14.1. The van der Waals surface area contributed by atoms with Crippen molar-refractivity contribution >= 4 is 23.6 Å². The maximum atomic E-state index is 2.79. The minimum atomic E-state index is -2.82. The van der Waals surface area contributed by atoms with Gasteiger partial charge in [-0.3, -0.25) is 0 Å². The Bertz CT molecular complexity index is 1490. The zero-order valence-corrected chi connectivity index (χ0v) is 43.1. The van der Waals surface area contributed by atoms with Crippen LogP contribution in [-0.2, 0) is 38.5 Å². The minimum Gasteiger partial charge on any atom is -0.0773 e. The largest absolute Gasteiger partial charge is 0.179 e. The molecular formula is C61H96Si. The first-order chi connectivity index (χ1) is 30.3. The first-order valence-corrected chi connectivity index (χ1v) is 29.1. The highest BCUT2D eigenvalue weighted by Crippen LogP contribution is 2.34. The van der Waals surface area contributed by atoms with Crippen LogP contribution < -0.4 is 15.6 Å². The van der Waals surface area contributed by atoms with Gasteiger partial charge in [0.25, 0.3) is 0 Å². The van der Waals surface area contributed by atoms with Gasteiger partial charge >= 0.3 is 0 Å². The van der Waals surface area contributed by atoms with Crippen molar-refractivity contribution < 1.29 is 0 Å². The number of aryl methyl sites for hydroxylation is 6. The van der Waals surface area contributed by atoms with E-state index in [2.05, 4.69) is 122 Å². The van der Waals surface area contributed by atoms with Gasteiger partial charge in [-0.15, -0.1) is 0 Å². The van der Waals surface area contributed by atoms with Gasteiger partial charge in [-0.05, 0) is 144 Å². The molecule has 0 radical (unpaired) electrons. The predicted octanol–water partition coefficient (Wildman–Crippen LogP) is 17.0. The Kier molecular flexibility index (Phi) is 24.9. The Morgan fingerprint density at radius 2 is 0.565 bits per heavy atom. The Balaban J connectivity index is 2.13. The van der Waals surface area contributed by atoms with E-state index in [0.717, 1.165) is 0 Å². The second-order valence-electron chi connectivity index (χ2n) is 20.0. The van der Waals surface area contributed by atoms with Gasteiger partial charge in [0, 0.05) is 0 Å². The second-order valence-corrected chi connectivity index (χ2v) is 23.8. The maximum Gasteiger partial charge on any atom is 0.179 e. The number of benzene rings is 3. The zero-order chi connectivity index (χ0) is 44.4. The molecule has 344 valence electrons. The van der Waals surface area contributed by atoms with E-state index in [1.165, 1.54) is 198 Å². The Hall–Kier alpha value is -2.64. The number of allylic oxidation sites excluding steroid dienone is 4. The Labute approximate surface area is 386 Å². The molecule has 0 N–H and O–H groups in total. The topological polar surface area (TPSA) is 0 Å². The van der Waals surface area contributed by atoms with Crippen LogP contribution in [0.5, 0.6) is 0 Å². The van der Waals surface area contributed by atoms with E-state index < -0.39 is 8.07 Å². The molecule has 0 heterocycles. The lowest BCUT2D eigenvalue weighted by Gasteiger charge is -2.38. The normalized spacial score (nSPS) is 14.2. The van der Waals surface area contributed by atoms with Gasteiger partial charge in [-0.1, -0.05) is 236 Å². The highest BCUT2D eigenvalue weighted by molar-refractivity contribution is 7.16. The van der Waals surface area contributed by atoms with Gasteiger partial charge in [0.15, 0.2) is 8.07 Å². The second kappa shape index (κ2) is 29.7. The van der Waals surface area contributed by atoms with Crippen molar-refractivity contribution in [1.29, 1.82) is 0 Å². The van der Waals surface area contributed by atoms with Crippen LogP contribution in [0.1, 0.15) is 243 Å². The van der Waals surface area contributed by atoms with Crippen molar-refractivity contribution in [2.45, 2.75) is 248 Å². The highest BCUT2D eigenvalue weighted by Gasteiger charge is 2.46. The lowest BCUT2D eigenvalue weighted by molar-refractivity contribution is 0.661. The molecule has 4 rings (SSSR count). The molecule has 0 nitrogen and oxygen atoms in total. The third kappa shape index (κ3) is 16.4. The van der Waals surface area contributed by atoms with Gasteiger partial charge in [0.05, 0.1) is 0 Å². The molecule has 62 heavy (non-hydrogen) atoms. The van der Waals surface area contributed by atoms with Crippen molar-refractivity contribution in [3.63, 3.8) is 0 Å². The van der Waals surface area contributed by atoms with Gasteiger partial charge in [0.1, 0.15) is 0 Å². The number of rotatable bonds is 34. The van der Waals surface area contributed by atoms with Crippen LogP contribution in [-0.4, -0.2) is 8.07 Å². The fraction of sp³-hybridized carbons (Fsp3) is 0.639. The summed E-state index contributed by atoms with van der Waals surface area (Å²) in [6.45, 7) is 19.1. The molecule has 3 aromatic carbocycles. The van der Waals surface area contributed by atoms with Crippen LogP contribution in [0.15, 0.2) is 77.5 Å². The molecule has 0 bridgehead atoms. The van der Waals surface area contributed by atoms with Gasteiger partial charge in [-0.2, -0.15) is 0 Å². The summed E-state index contributed by atoms with van der Waals surface area (Å²) in [5.74, 6) is 0.457. The molecule has 1 aliphatic rings. The van der Waals surface area contributed by atoms with Crippen LogP contribution in [0, 0.1) is 5.92 Å². The monoisotopic (exact) mass is 857 g/mol. The van der Waals surface area contributed by atoms with Crippen molar-refractivity contribution in [2.75, 3.05) is 0 Å². The molecule has 3 aromatic rings. The van der Waals surface area contributed by atoms with Crippen LogP contribution >= 0.6 is 0 Å². The van der Waals surface area contributed by atoms with Crippen LogP contribution in [0.2, 0.25) is 0 Å². The smallest absolute Gasteiger partial charge is 0.0773 e. The average molecular weight is 858 g/mol. The van der Waals surface area contributed by atoms with Crippen molar-refractivity contribution in [2.24, 2.45) is 5.92 Å². The molecule has 0 fully saturated rings. The van der Waals surface area contributed by atoms with E-state index in [9.17, 15) is 0 Å². The fourth-order valence-electron chi connectivity index (χ4n) is 10.7. The quantitative estimate of drug-likeness (QED) is 0.0319. The first-order valence-electron chi connectivity index (χ1n) is 27.1. The molecule has 0 saturated carbocycles. The highest BCUT2D eigenvalue weighted by atomic mass is 28.3. The third-order valence-corrected chi connectivity index (χ3v) is 19.0. The predicted molar refractivity (Wildman–Crippen MR) is 282 cm³/mol. The van der Waals surface area contributed by atoms with E-state index in [1.807, 2.05) is 0 Å². The minimum absolute atomic E-state index is 0.457. The number of hydrogen-bond acceptors (Lipinski definition) is 0. The van der Waals surface area contributed by atoms with E-state index in [0.29, 0.717) is 5.92 Å². The van der Waals surface area contributed by atoms with Gasteiger partial charge in [0.2, 0.25) is 0 Å². The summed E-state index contributed by atoms with van der Waals surface area (Å²) >= 11 is 0. The van der Waals surface area contributed by atoms with E-state index in [-0.39, 0.29) is 0 Å². The fourth-order valence-corrected chi connectivity index (χ4v) is 16.2. The molecule has 1 atom stereocenters. The van der Waals surface area contributed by atoms with Crippen LogP contribution in [0.4, 0.5) is 0 Å². The molecule has 0 aliphatic heterocycles. The average Bonchev–Trinajstić information content (AvgIpc) is 3.61. The summed E-state index contributed by atoms with van der Waals surface area (Å²) in [6.07, 6.45) is 44.2. The van der Waals surface area contributed by atoms with Gasteiger partial charge < -0.3 is 0 Å². The summed E-state index contributed by atoms with van der Waals surface area (Å²) in [6, 6.07) is 24.7. The van der Waals surface area contributed by atoms with E-state index >= 15 is 0 Å². The maximum absolute atomic E-state index is 2.82. The van der Waals surface area contributed by atoms with Crippen molar-refractivity contribution in [3.8, 4) is 0 Å². The summed E-state index contributed by atoms with van der Waals surface area (Å²) in [4.78, 5) is 0. The van der Waals surface area contributed by atoms with E-state index in [4.69, 9.17) is 0 Å². The van der Waals surface area contributed by atoms with Crippen molar-refractivity contribution in [3.05, 3.63) is 111 Å². The summed E-state index contributed by atoms with van der Waals surface area (Å²) in [5.41, 5.74) is 11.1. The Morgan fingerprint density at radius 3 is 0.758 bits per heavy atom. The molecule has 0 amide bonds. The summed E-state index contributed by atoms with van der Waals surface area (Å²) in [7, 11) is -2.82.